The molecule has 3 heteroatoms. The lowest BCUT2D eigenvalue weighted by Gasteiger charge is -2.00. The second-order valence-corrected chi connectivity index (χ2v) is 1.88. The highest BCUT2D eigenvalue weighted by molar-refractivity contribution is 5.51. The minimum absolute atomic E-state index is 0.0562. The number of phenols is 1. The molecule has 0 unspecified atom stereocenters. The van der Waals surface area contributed by atoms with Crippen LogP contribution in [-0.4, -0.2) is 12.2 Å². The van der Waals surface area contributed by atoms with Crippen molar-refractivity contribution in [2.24, 2.45) is 0 Å². The van der Waals surface area contributed by atoms with Crippen LogP contribution in [0.15, 0.2) is 18.2 Å². The molecule has 0 aromatic heterocycles. The molecule has 0 fully saturated rings. The third kappa shape index (κ3) is 1.13. The van der Waals surface area contributed by atoms with Gasteiger partial charge in [-0.2, -0.15) is 0 Å². The summed E-state index contributed by atoms with van der Waals surface area (Å²) in [5.41, 5.74) is 7.20. The van der Waals surface area contributed by atoms with E-state index < -0.39 is 0 Å². The zero-order valence-electron chi connectivity index (χ0n) is 5.59. The highest BCUT2D eigenvalue weighted by atomic mass is 16.5. The Balaban J connectivity index is 3.04. The van der Waals surface area contributed by atoms with Crippen LogP contribution in [0.25, 0.3) is 0 Å². The van der Waals surface area contributed by atoms with E-state index in [-0.39, 0.29) is 11.4 Å². The zero-order valence-corrected chi connectivity index (χ0v) is 5.59. The van der Waals surface area contributed by atoms with Gasteiger partial charge in [-0.1, -0.05) is 0 Å². The Kier molecular flexibility index (Phi) is 1.67. The fraction of sp³-hybridized carbons (Fsp3) is 0.143. The second kappa shape index (κ2) is 2.47. The van der Waals surface area contributed by atoms with Crippen LogP contribution in [-0.2, 0) is 0 Å². The van der Waals surface area contributed by atoms with Crippen molar-refractivity contribution in [1.29, 1.82) is 0 Å². The molecule has 0 saturated heterocycles. The van der Waals surface area contributed by atoms with Gasteiger partial charge in [0.25, 0.3) is 0 Å². The van der Waals surface area contributed by atoms with Crippen molar-refractivity contribution in [3.8, 4) is 11.5 Å². The van der Waals surface area contributed by atoms with Gasteiger partial charge in [0.15, 0.2) is 0 Å². The van der Waals surface area contributed by atoms with Gasteiger partial charge in [-0.25, -0.2) is 0 Å². The van der Waals surface area contributed by atoms with Gasteiger partial charge in [0, 0.05) is 6.07 Å². The molecule has 0 saturated carbocycles. The van der Waals surface area contributed by atoms with Crippen LogP contribution in [0.1, 0.15) is 0 Å². The maximum absolute atomic E-state index is 8.96. The summed E-state index contributed by atoms with van der Waals surface area (Å²) in [7, 11) is 1.51. The lowest BCUT2D eigenvalue weighted by atomic mass is 10.3. The zero-order chi connectivity index (χ0) is 7.56. The summed E-state index contributed by atoms with van der Waals surface area (Å²) < 4.78 is 4.81. The van der Waals surface area contributed by atoms with Crippen molar-refractivity contribution in [2.75, 3.05) is 7.11 Å². The predicted octanol–water partition coefficient (Wildman–Crippen LogP) is 1.32. The van der Waals surface area contributed by atoms with Crippen molar-refractivity contribution in [1.82, 2.24) is 5.73 Å². The number of rotatable bonds is 1. The van der Waals surface area contributed by atoms with Gasteiger partial charge in [0.1, 0.15) is 11.5 Å². The third-order valence-electron chi connectivity index (χ3n) is 1.20. The Hall–Kier alpha value is -1.38. The quantitative estimate of drug-likeness (QED) is 0.595. The van der Waals surface area contributed by atoms with Crippen molar-refractivity contribution >= 4 is 5.69 Å². The summed E-state index contributed by atoms with van der Waals surface area (Å²) in [6, 6.07) is 4.51. The summed E-state index contributed by atoms with van der Waals surface area (Å²) in [4.78, 5) is 0. The van der Waals surface area contributed by atoms with Gasteiger partial charge in [-0.15, -0.1) is 0 Å². The smallest absolute Gasteiger partial charge is 0.144 e. The Morgan fingerprint density at radius 2 is 2.20 bits per heavy atom. The topological polar surface area (TPSA) is 53.3 Å². The van der Waals surface area contributed by atoms with Crippen molar-refractivity contribution in [3.05, 3.63) is 18.2 Å². The van der Waals surface area contributed by atoms with E-state index in [2.05, 4.69) is 0 Å². The van der Waals surface area contributed by atoms with Crippen LogP contribution in [0.4, 0.5) is 5.69 Å². The van der Waals surface area contributed by atoms with Crippen LogP contribution in [0.2, 0.25) is 0 Å². The average Bonchev–Trinajstić information content (AvgIpc) is 1.95. The van der Waals surface area contributed by atoms with Crippen molar-refractivity contribution < 1.29 is 9.84 Å². The molecule has 0 aliphatic heterocycles. The van der Waals surface area contributed by atoms with E-state index >= 15 is 0 Å². The second-order valence-electron chi connectivity index (χ2n) is 1.88. The van der Waals surface area contributed by atoms with Gasteiger partial charge >= 0.3 is 0 Å². The number of phenolic OH excluding ortho intramolecular Hbond substituents is 1. The first-order valence-corrected chi connectivity index (χ1v) is 2.82. The number of hydrogen-bond acceptors (Lipinski definition) is 2. The lowest BCUT2D eigenvalue weighted by molar-refractivity contribution is 0.408. The molecule has 0 atom stereocenters. The monoisotopic (exact) mass is 138 g/mol. The largest absolute Gasteiger partial charge is 0.506 e. The van der Waals surface area contributed by atoms with E-state index in [0.717, 1.165) is 0 Å². The summed E-state index contributed by atoms with van der Waals surface area (Å²) in [6.45, 7) is 0. The summed E-state index contributed by atoms with van der Waals surface area (Å²) in [5, 5.41) is 8.96. The molecule has 0 aliphatic carbocycles. The van der Waals surface area contributed by atoms with Gasteiger partial charge in [0.2, 0.25) is 0 Å². The number of ether oxygens (including phenoxy) is 1. The Morgan fingerprint density at radius 3 is 2.70 bits per heavy atom. The fourth-order valence-electron chi connectivity index (χ4n) is 0.638. The number of hydrogen-bond donors (Lipinski definition) is 1. The third-order valence-corrected chi connectivity index (χ3v) is 1.20. The molecule has 2 N–H and O–H groups in total. The van der Waals surface area contributed by atoms with Crippen LogP contribution in [0, 0.1) is 0 Å². The van der Waals surface area contributed by atoms with Crippen molar-refractivity contribution in [2.45, 2.75) is 0 Å². The van der Waals surface area contributed by atoms with Crippen LogP contribution in [0.3, 0.4) is 0 Å². The molecule has 0 spiro atoms. The number of benzene rings is 1. The van der Waals surface area contributed by atoms with Crippen LogP contribution >= 0.6 is 0 Å². The van der Waals surface area contributed by atoms with Gasteiger partial charge in [-0.05, 0) is 12.1 Å². The van der Waals surface area contributed by atoms with E-state index in [4.69, 9.17) is 15.6 Å². The number of aromatic hydroxyl groups is 1. The molecule has 53 valence electrons. The van der Waals surface area contributed by atoms with Gasteiger partial charge in [-0.3, -0.25) is 5.73 Å². The Morgan fingerprint density at radius 1 is 1.50 bits per heavy atom. The summed E-state index contributed by atoms with van der Waals surface area (Å²) >= 11 is 0. The van der Waals surface area contributed by atoms with E-state index in [1.807, 2.05) is 0 Å². The molecule has 0 aliphatic rings. The fourth-order valence-corrected chi connectivity index (χ4v) is 0.638. The molecular formula is C7H8NO2. The highest BCUT2D eigenvalue weighted by Gasteiger charge is 1.97. The molecule has 0 amide bonds. The molecule has 1 aromatic carbocycles. The lowest BCUT2D eigenvalue weighted by Crippen LogP contribution is -1.81. The normalized spacial score (nSPS) is 9.30. The van der Waals surface area contributed by atoms with Gasteiger partial charge in [0.05, 0.1) is 12.8 Å². The Bertz CT molecular complexity index is 235. The molecule has 1 rings (SSSR count). The first-order chi connectivity index (χ1) is 4.74. The molecule has 1 aromatic rings. The molecule has 0 heterocycles. The molecule has 1 radical (unpaired) electrons. The minimum Gasteiger partial charge on any atom is -0.506 e. The molecular weight excluding hydrogens is 130 g/mol. The van der Waals surface area contributed by atoms with Crippen LogP contribution < -0.4 is 10.5 Å². The summed E-state index contributed by atoms with van der Waals surface area (Å²) in [6.07, 6.45) is 0. The standard InChI is InChI=1S/C7H8NO2/c1-10-5-2-3-6(8)7(9)4-5/h2-4,8-9H,1H3. The maximum atomic E-state index is 8.96. The first kappa shape index (κ1) is 6.74. The first-order valence-electron chi connectivity index (χ1n) is 2.82. The highest BCUT2D eigenvalue weighted by Crippen LogP contribution is 2.25. The van der Waals surface area contributed by atoms with Crippen molar-refractivity contribution in [3.63, 3.8) is 0 Å². The van der Waals surface area contributed by atoms with Gasteiger partial charge < -0.3 is 9.84 Å². The number of nitrogens with one attached hydrogen (secondary N) is 1. The molecule has 3 nitrogen and oxygen atoms in total. The van der Waals surface area contributed by atoms with Crippen LogP contribution in [0.5, 0.6) is 11.5 Å². The average molecular weight is 138 g/mol. The van der Waals surface area contributed by atoms with E-state index in [1.54, 1.807) is 6.07 Å². The SMILES string of the molecule is COc1ccc([NH])c(O)c1. The van der Waals surface area contributed by atoms with E-state index in [1.165, 1.54) is 19.2 Å². The minimum atomic E-state index is -0.0562. The Labute approximate surface area is 59.0 Å². The molecule has 10 heavy (non-hydrogen) atoms. The van der Waals surface area contributed by atoms with E-state index in [0.29, 0.717) is 5.75 Å². The summed E-state index contributed by atoms with van der Waals surface area (Å²) in [5.74, 6) is 0.507. The molecule has 0 bridgehead atoms. The maximum Gasteiger partial charge on any atom is 0.144 e. The number of methoxy groups -OCH3 is 1. The van der Waals surface area contributed by atoms with E-state index in [9.17, 15) is 0 Å². The predicted molar refractivity (Wildman–Crippen MR) is 37.4 cm³/mol.